The summed E-state index contributed by atoms with van der Waals surface area (Å²) in [6.07, 6.45) is 4.03. The maximum absolute atomic E-state index is 12.5. The molecule has 0 atom stereocenters. The van der Waals surface area contributed by atoms with E-state index in [0.717, 1.165) is 17.3 Å². The molecule has 100 valence electrons. The van der Waals surface area contributed by atoms with E-state index in [9.17, 15) is 4.79 Å². The van der Waals surface area contributed by atoms with Crippen molar-refractivity contribution >= 4 is 21.8 Å². The van der Waals surface area contributed by atoms with Crippen LogP contribution in [0, 0.1) is 0 Å². The fourth-order valence-corrected chi connectivity index (χ4v) is 2.57. The van der Waals surface area contributed by atoms with Crippen molar-refractivity contribution in [3.05, 3.63) is 22.4 Å². The zero-order chi connectivity index (χ0) is 13.3. The first-order valence-electron chi connectivity index (χ1n) is 6.33. The summed E-state index contributed by atoms with van der Waals surface area (Å²) in [6.45, 7) is 4.55. The van der Waals surface area contributed by atoms with Crippen LogP contribution in [0.4, 0.5) is 0 Å². The Kier molecular flexibility index (Phi) is 4.12. The number of aliphatic hydroxyl groups excluding tert-OH is 1. The molecule has 1 aliphatic rings. The van der Waals surface area contributed by atoms with Gasteiger partial charge in [-0.15, -0.1) is 0 Å². The van der Waals surface area contributed by atoms with Crippen molar-refractivity contribution in [2.45, 2.75) is 38.8 Å². The van der Waals surface area contributed by atoms with E-state index < -0.39 is 0 Å². The van der Waals surface area contributed by atoms with E-state index >= 15 is 0 Å². The van der Waals surface area contributed by atoms with E-state index in [-0.39, 0.29) is 18.6 Å². The predicted octanol–water partition coefficient (Wildman–Crippen LogP) is 2.43. The molecule has 1 aromatic heterocycles. The smallest absolute Gasteiger partial charge is 0.270 e. The number of aromatic nitrogens is 1. The van der Waals surface area contributed by atoms with Gasteiger partial charge in [0.2, 0.25) is 0 Å². The van der Waals surface area contributed by atoms with Crippen molar-refractivity contribution in [3.8, 4) is 0 Å². The molecule has 1 fully saturated rings. The molecule has 1 N–H and O–H groups in total. The molecule has 0 saturated heterocycles. The Labute approximate surface area is 116 Å². The maximum atomic E-state index is 12.5. The lowest BCUT2D eigenvalue weighted by Gasteiger charge is -2.23. The first-order valence-corrected chi connectivity index (χ1v) is 7.13. The largest absolute Gasteiger partial charge is 0.395 e. The first-order chi connectivity index (χ1) is 8.54. The van der Waals surface area contributed by atoms with Crippen LogP contribution in [-0.4, -0.2) is 39.7 Å². The number of carbonyl (C=O) groups is 1. The summed E-state index contributed by atoms with van der Waals surface area (Å²) in [5.74, 6) is 0.0194. The summed E-state index contributed by atoms with van der Waals surface area (Å²) in [6, 6.07) is 2.42. The van der Waals surface area contributed by atoms with Gasteiger partial charge < -0.3 is 14.6 Å². The van der Waals surface area contributed by atoms with Crippen LogP contribution in [0.2, 0.25) is 0 Å². The molecule has 2 rings (SSSR count). The molecule has 4 nitrogen and oxygen atoms in total. The lowest BCUT2D eigenvalue weighted by atomic mass is 10.3. The fourth-order valence-electron chi connectivity index (χ4n) is 2.14. The molecule has 0 aliphatic heterocycles. The minimum atomic E-state index is 0.0194. The molecule has 5 heteroatoms. The predicted molar refractivity (Wildman–Crippen MR) is 73.7 cm³/mol. The van der Waals surface area contributed by atoms with Crippen molar-refractivity contribution in [2.75, 3.05) is 13.2 Å². The Bertz CT molecular complexity index is 438. The Balaban J connectivity index is 2.26. The quantitative estimate of drug-likeness (QED) is 0.907. The zero-order valence-electron chi connectivity index (χ0n) is 10.8. The van der Waals surface area contributed by atoms with Crippen molar-refractivity contribution in [1.82, 2.24) is 9.47 Å². The van der Waals surface area contributed by atoms with Crippen LogP contribution >= 0.6 is 15.9 Å². The summed E-state index contributed by atoms with van der Waals surface area (Å²) in [5, 5.41) is 9.08. The second-order valence-corrected chi connectivity index (χ2v) is 5.91. The standard InChI is InChI=1S/C13H19BrN2O2/c1-9(2)16-8-10(14)7-12(16)13(18)15(5-6-17)11-3-4-11/h7-9,11,17H,3-6H2,1-2H3. The van der Waals surface area contributed by atoms with E-state index in [1.54, 1.807) is 4.90 Å². The number of rotatable bonds is 5. The summed E-state index contributed by atoms with van der Waals surface area (Å²) in [7, 11) is 0. The number of amides is 1. The average Bonchev–Trinajstić information content (AvgIpc) is 3.07. The Morgan fingerprint density at radius 3 is 2.78 bits per heavy atom. The zero-order valence-corrected chi connectivity index (χ0v) is 12.4. The van der Waals surface area contributed by atoms with Gasteiger partial charge in [-0.2, -0.15) is 0 Å². The van der Waals surface area contributed by atoms with Crippen molar-refractivity contribution in [1.29, 1.82) is 0 Å². The highest BCUT2D eigenvalue weighted by molar-refractivity contribution is 9.10. The Morgan fingerprint density at radius 1 is 1.61 bits per heavy atom. The molecule has 0 spiro atoms. The molecule has 1 aromatic rings. The number of aliphatic hydroxyl groups is 1. The first kappa shape index (κ1) is 13.6. The van der Waals surface area contributed by atoms with Crippen LogP contribution in [0.3, 0.4) is 0 Å². The molecule has 0 unspecified atom stereocenters. The number of nitrogens with zero attached hydrogens (tertiary/aromatic N) is 2. The van der Waals surface area contributed by atoms with Gasteiger partial charge in [0.1, 0.15) is 5.69 Å². The number of hydrogen-bond acceptors (Lipinski definition) is 2. The van der Waals surface area contributed by atoms with Crippen LogP contribution in [0.5, 0.6) is 0 Å². The van der Waals surface area contributed by atoms with E-state index in [1.165, 1.54) is 0 Å². The van der Waals surface area contributed by atoms with Crippen LogP contribution in [0.1, 0.15) is 43.2 Å². The summed E-state index contributed by atoms with van der Waals surface area (Å²) >= 11 is 3.42. The maximum Gasteiger partial charge on any atom is 0.270 e. The van der Waals surface area contributed by atoms with Gasteiger partial charge in [-0.1, -0.05) is 0 Å². The minimum absolute atomic E-state index is 0.0194. The van der Waals surface area contributed by atoms with Crippen molar-refractivity contribution < 1.29 is 9.90 Å². The lowest BCUT2D eigenvalue weighted by Crippen LogP contribution is -2.36. The normalized spacial score (nSPS) is 15.2. The van der Waals surface area contributed by atoms with E-state index in [1.807, 2.05) is 16.8 Å². The van der Waals surface area contributed by atoms with Gasteiger partial charge in [-0.3, -0.25) is 4.79 Å². The third-order valence-corrected chi connectivity index (χ3v) is 3.61. The lowest BCUT2D eigenvalue weighted by molar-refractivity contribution is 0.0695. The molecule has 1 saturated carbocycles. The topological polar surface area (TPSA) is 45.5 Å². The number of hydrogen-bond donors (Lipinski definition) is 1. The van der Waals surface area contributed by atoms with Gasteiger partial charge in [0, 0.05) is 29.3 Å². The molecule has 0 radical (unpaired) electrons. The monoisotopic (exact) mass is 314 g/mol. The van der Waals surface area contributed by atoms with Gasteiger partial charge in [0.15, 0.2) is 0 Å². The van der Waals surface area contributed by atoms with Gasteiger partial charge in [0.05, 0.1) is 6.61 Å². The molecular formula is C13H19BrN2O2. The molecule has 18 heavy (non-hydrogen) atoms. The van der Waals surface area contributed by atoms with Crippen molar-refractivity contribution in [2.24, 2.45) is 0 Å². The average molecular weight is 315 g/mol. The molecule has 0 aromatic carbocycles. The van der Waals surface area contributed by atoms with Crippen LogP contribution in [0.25, 0.3) is 0 Å². The third-order valence-electron chi connectivity index (χ3n) is 3.18. The summed E-state index contributed by atoms with van der Waals surface area (Å²) in [4.78, 5) is 14.3. The molecule has 0 bridgehead atoms. The van der Waals surface area contributed by atoms with E-state index in [4.69, 9.17) is 5.11 Å². The van der Waals surface area contributed by atoms with Crippen LogP contribution < -0.4 is 0 Å². The molecular weight excluding hydrogens is 296 g/mol. The summed E-state index contributed by atoms with van der Waals surface area (Å²) < 4.78 is 2.89. The van der Waals surface area contributed by atoms with Gasteiger partial charge >= 0.3 is 0 Å². The second kappa shape index (κ2) is 5.45. The third kappa shape index (κ3) is 2.78. The van der Waals surface area contributed by atoms with Crippen LogP contribution in [-0.2, 0) is 0 Å². The van der Waals surface area contributed by atoms with Gasteiger partial charge in [-0.25, -0.2) is 0 Å². The Morgan fingerprint density at radius 2 is 2.28 bits per heavy atom. The number of carbonyl (C=O) groups excluding carboxylic acids is 1. The number of halogens is 1. The SMILES string of the molecule is CC(C)n1cc(Br)cc1C(=O)N(CCO)C1CC1. The minimum Gasteiger partial charge on any atom is -0.395 e. The second-order valence-electron chi connectivity index (χ2n) is 5.00. The molecule has 1 amide bonds. The van der Waals surface area contributed by atoms with Crippen molar-refractivity contribution in [3.63, 3.8) is 0 Å². The van der Waals surface area contributed by atoms with E-state index in [2.05, 4.69) is 29.8 Å². The highest BCUT2D eigenvalue weighted by atomic mass is 79.9. The molecule has 1 heterocycles. The highest BCUT2D eigenvalue weighted by Gasteiger charge is 2.33. The molecule has 1 aliphatic carbocycles. The van der Waals surface area contributed by atoms with Gasteiger partial charge in [-0.05, 0) is 48.7 Å². The van der Waals surface area contributed by atoms with Gasteiger partial charge in [0.25, 0.3) is 5.91 Å². The van der Waals surface area contributed by atoms with Crippen LogP contribution in [0.15, 0.2) is 16.7 Å². The summed E-state index contributed by atoms with van der Waals surface area (Å²) in [5.41, 5.74) is 0.692. The van der Waals surface area contributed by atoms with E-state index in [0.29, 0.717) is 18.3 Å². The fraction of sp³-hybridized carbons (Fsp3) is 0.615. The highest BCUT2D eigenvalue weighted by Crippen LogP contribution is 2.29. The Hall–Kier alpha value is -0.810.